The van der Waals surface area contributed by atoms with Crippen LogP contribution < -0.4 is 0 Å². The van der Waals surface area contributed by atoms with Crippen LogP contribution in [0.1, 0.15) is 12.5 Å². The van der Waals surface area contributed by atoms with Gasteiger partial charge in [0.15, 0.2) is 0 Å². The van der Waals surface area contributed by atoms with E-state index in [2.05, 4.69) is 0 Å². The summed E-state index contributed by atoms with van der Waals surface area (Å²) in [5.41, 5.74) is 0.965. The summed E-state index contributed by atoms with van der Waals surface area (Å²) < 4.78 is 0. The molecule has 1 aromatic rings. The van der Waals surface area contributed by atoms with Gasteiger partial charge in [-0.25, -0.2) is 4.79 Å². The molecule has 0 N–H and O–H groups in total. The van der Waals surface area contributed by atoms with Gasteiger partial charge in [-0.3, -0.25) is 9.69 Å². The molecule has 0 spiro atoms. The van der Waals surface area contributed by atoms with Gasteiger partial charge in [0.1, 0.15) is 6.04 Å². The van der Waals surface area contributed by atoms with Gasteiger partial charge in [-0.1, -0.05) is 30.3 Å². The third-order valence-electron chi connectivity index (χ3n) is 2.92. The van der Waals surface area contributed by atoms with Crippen LogP contribution in [0.2, 0.25) is 0 Å². The molecule has 2 rings (SSSR count). The second-order valence-corrected chi connectivity index (χ2v) is 3.98. The van der Waals surface area contributed by atoms with Crippen molar-refractivity contribution in [1.29, 1.82) is 0 Å². The molecule has 1 fully saturated rings. The minimum Gasteiger partial charge on any atom is -0.316 e. The Kier molecular flexibility index (Phi) is 2.64. The van der Waals surface area contributed by atoms with Crippen molar-refractivity contribution in [2.75, 3.05) is 7.05 Å². The van der Waals surface area contributed by atoms with Crippen LogP contribution in [0.4, 0.5) is 4.79 Å². The Morgan fingerprint density at radius 1 is 1.19 bits per heavy atom. The number of likely N-dealkylation sites (N-methyl/N-ethyl adjacent to an activating group) is 1. The predicted octanol–water partition coefficient (Wildman–Crippen LogP) is 1.47. The minimum absolute atomic E-state index is 0.128. The summed E-state index contributed by atoms with van der Waals surface area (Å²) in [6, 6.07) is 8.94. The lowest BCUT2D eigenvalue weighted by Crippen LogP contribution is -2.30. The largest absolute Gasteiger partial charge is 0.327 e. The lowest BCUT2D eigenvalue weighted by Gasteiger charge is -2.13. The molecule has 4 heteroatoms. The number of amides is 3. The Morgan fingerprint density at radius 3 is 2.31 bits per heavy atom. The Bertz CT molecular complexity index is 396. The second kappa shape index (κ2) is 3.96. The van der Waals surface area contributed by atoms with Crippen LogP contribution in [0.3, 0.4) is 0 Å². The van der Waals surface area contributed by atoms with Gasteiger partial charge in [0.2, 0.25) is 0 Å². The molecule has 0 aromatic heterocycles. The number of carbonyl (C=O) groups excluding carboxylic acids is 2. The van der Waals surface area contributed by atoms with Crippen molar-refractivity contribution in [1.82, 2.24) is 9.80 Å². The van der Waals surface area contributed by atoms with E-state index in [4.69, 9.17) is 0 Å². The second-order valence-electron chi connectivity index (χ2n) is 3.98. The number of imide groups is 1. The number of hydrogen-bond acceptors (Lipinski definition) is 2. The van der Waals surface area contributed by atoms with Gasteiger partial charge in [0.25, 0.3) is 5.91 Å². The lowest BCUT2D eigenvalue weighted by atomic mass is 10.2. The standard InChI is InChI=1S/C12H14N2O2/c1-9-11(15)14(12(16)13(9)2)8-10-6-4-3-5-7-10/h3-7,9H,8H2,1-2H3. The van der Waals surface area contributed by atoms with Crippen LogP contribution in [0, 0.1) is 0 Å². The zero-order chi connectivity index (χ0) is 11.7. The first-order chi connectivity index (χ1) is 7.61. The van der Waals surface area contributed by atoms with Gasteiger partial charge in [-0.2, -0.15) is 0 Å². The highest BCUT2D eigenvalue weighted by molar-refractivity contribution is 6.03. The van der Waals surface area contributed by atoms with Crippen molar-refractivity contribution in [2.24, 2.45) is 0 Å². The fourth-order valence-electron chi connectivity index (χ4n) is 1.75. The molecule has 0 saturated carbocycles. The van der Waals surface area contributed by atoms with Gasteiger partial charge in [-0.05, 0) is 12.5 Å². The average Bonchev–Trinajstić information content (AvgIpc) is 2.48. The summed E-state index contributed by atoms with van der Waals surface area (Å²) in [4.78, 5) is 26.3. The van der Waals surface area contributed by atoms with Crippen LogP contribution in [-0.4, -0.2) is 34.8 Å². The maximum atomic E-state index is 11.8. The van der Waals surface area contributed by atoms with Crippen molar-refractivity contribution < 1.29 is 9.59 Å². The van der Waals surface area contributed by atoms with Gasteiger partial charge in [0, 0.05) is 7.05 Å². The van der Waals surface area contributed by atoms with E-state index in [0.717, 1.165) is 5.56 Å². The van der Waals surface area contributed by atoms with Crippen molar-refractivity contribution in [2.45, 2.75) is 19.5 Å². The number of benzene rings is 1. The fourth-order valence-corrected chi connectivity index (χ4v) is 1.75. The molecule has 1 heterocycles. The molecule has 0 radical (unpaired) electrons. The molecule has 1 aromatic carbocycles. The molecule has 1 unspecified atom stereocenters. The van der Waals surface area contributed by atoms with Gasteiger partial charge in [-0.15, -0.1) is 0 Å². The van der Waals surface area contributed by atoms with E-state index in [-0.39, 0.29) is 18.0 Å². The van der Waals surface area contributed by atoms with Crippen LogP contribution >= 0.6 is 0 Å². The highest BCUT2D eigenvalue weighted by Crippen LogP contribution is 2.17. The predicted molar refractivity (Wildman–Crippen MR) is 59.6 cm³/mol. The zero-order valence-electron chi connectivity index (χ0n) is 9.38. The number of urea groups is 1. The van der Waals surface area contributed by atoms with Crippen molar-refractivity contribution >= 4 is 11.9 Å². The van der Waals surface area contributed by atoms with Gasteiger partial charge >= 0.3 is 6.03 Å². The third-order valence-corrected chi connectivity index (χ3v) is 2.92. The Balaban J connectivity index is 2.17. The van der Waals surface area contributed by atoms with Crippen LogP contribution in [0.5, 0.6) is 0 Å². The quantitative estimate of drug-likeness (QED) is 0.705. The normalized spacial score (nSPS) is 20.8. The monoisotopic (exact) mass is 218 g/mol. The maximum Gasteiger partial charge on any atom is 0.327 e. The number of nitrogens with zero attached hydrogens (tertiary/aromatic N) is 2. The van der Waals surface area contributed by atoms with Gasteiger partial charge < -0.3 is 4.90 Å². The smallest absolute Gasteiger partial charge is 0.316 e. The van der Waals surface area contributed by atoms with Crippen molar-refractivity contribution in [3.05, 3.63) is 35.9 Å². The molecular formula is C12H14N2O2. The molecule has 84 valence electrons. The first kappa shape index (κ1) is 10.7. The number of hydrogen-bond donors (Lipinski definition) is 0. The van der Waals surface area contributed by atoms with Crippen LogP contribution in [-0.2, 0) is 11.3 Å². The maximum absolute atomic E-state index is 11.8. The highest BCUT2D eigenvalue weighted by Gasteiger charge is 2.39. The molecule has 1 saturated heterocycles. The highest BCUT2D eigenvalue weighted by atomic mass is 16.2. The number of rotatable bonds is 2. The van der Waals surface area contributed by atoms with E-state index < -0.39 is 0 Å². The van der Waals surface area contributed by atoms with Crippen molar-refractivity contribution in [3.8, 4) is 0 Å². The Hall–Kier alpha value is -1.84. The molecule has 3 amide bonds. The molecule has 0 aliphatic carbocycles. The van der Waals surface area contributed by atoms with Crippen molar-refractivity contribution in [3.63, 3.8) is 0 Å². The summed E-state index contributed by atoms with van der Waals surface area (Å²) in [6.07, 6.45) is 0. The molecule has 16 heavy (non-hydrogen) atoms. The van der Waals surface area contributed by atoms with E-state index in [9.17, 15) is 9.59 Å². The molecule has 0 bridgehead atoms. The summed E-state index contributed by atoms with van der Waals surface area (Å²) in [5, 5.41) is 0. The summed E-state index contributed by atoms with van der Waals surface area (Å²) >= 11 is 0. The summed E-state index contributed by atoms with van der Waals surface area (Å²) in [6.45, 7) is 2.10. The first-order valence-corrected chi connectivity index (χ1v) is 5.23. The molecule has 1 aliphatic rings. The Labute approximate surface area is 94.5 Å². The SMILES string of the molecule is CC1C(=O)N(Cc2ccccc2)C(=O)N1C. The number of carbonyl (C=O) groups is 2. The van der Waals surface area contributed by atoms with E-state index in [1.54, 1.807) is 14.0 Å². The molecular weight excluding hydrogens is 204 g/mol. The molecule has 1 aliphatic heterocycles. The summed E-state index contributed by atoms with van der Waals surface area (Å²) in [5.74, 6) is -0.128. The summed E-state index contributed by atoms with van der Waals surface area (Å²) in [7, 11) is 1.65. The lowest BCUT2D eigenvalue weighted by molar-refractivity contribution is -0.128. The van der Waals surface area contributed by atoms with Crippen LogP contribution in [0.25, 0.3) is 0 Å². The van der Waals surface area contributed by atoms with Gasteiger partial charge in [0.05, 0.1) is 6.54 Å². The topological polar surface area (TPSA) is 40.6 Å². The first-order valence-electron chi connectivity index (χ1n) is 5.23. The van der Waals surface area contributed by atoms with E-state index >= 15 is 0 Å². The van der Waals surface area contributed by atoms with Crippen LogP contribution in [0.15, 0.2) is 30.3 Å². The van der Waals surface area contributed by atoms with E-state index in [1.807, 2.05) is 30.3 Å². The Morgan fingerprint density at radius 2 is 1.81 bits per heavy atom. The van der Waals surface area contributed by atoms with E-state index in [0.29, 0.717) is 6.54 Å². The van der Waals surface area contributed by atoms with E-state index in [1.165, 1.54) is 9.80 Å². The molecule has 1 atom stereocenters. The fraction of sp³-hybridized carbons (Fsp3) is 0.333. The third kappa shape index (κ3) is 1.66. The molecule has 4 nitrogen and oxygen atoms in total. The average molecular weight is 218 g/mol. The minimum atomic E-state index is -0.351. The zero-order valence-corrected chi connectivity index (χ0v) is 9.38.